The first-order valence-corrected chi connectivity index (χ1v) is 8.02. The SMILES string of the molecule is CN1CCN(S(=O)(=O)CC2CCNCC2)CC1=O. The van der Waals surface area contributed by atoms with Crippen LogP contribution in [-0.4, -0.2) is 69.1 Å². The quantitative estimate of drug-likeness (QED) is 0.724. The van der Waals surface area contributed by atoms with E-state index in [0.717, 1.165) is 25.9 Å². The van der Waals surface area contributed by atoms with Crippen LogP contribution in [0.2, 0.25) is 0 Å². The van der Waals surface area contributed by atoms with E-state index in [4.69, 9.17) is 0 Å². The Hall–Kier alpha value is -0.660. The molecule has 0 atom stereocenters. The van der Waals surface area contributed by atoms with Crippen molar-refractivity contribution in [1.82, 2.24) is 14.5 Å². The zero-order valence-corrected chi connectivity index (χ0v) is 11.6. The Morgan fingerprint density at radius 3 is 2.56 bits per heavy atom. The molecule has 2 aliphatic rings. The van der Waals surface area contributed by atoms with Crippen molar-refractivity contribution in [3.63, 3.8) is 0 Å². The summed E-state index contributed by atoms with van der Waals surface area (Å²) in [5, 5.41) is 3.22. The minimum Gasteiger partial charge on any atom is -0.343 e. The number of hydrogen-bond acceptors (Lipinski definition) is 4. The first-order chi connectivity index (χ1) is 8.49. The summed E-state index contributed by atoms with van der Waals surface area (Å²) in [7, 11) is -1.57. The fourth-order valence-corrected chi connectivity index (χ4v) is 4.23. The number of carbonyl (C=O) groups excluding carboxylic acids is 1. The third-order valence-corrected chi connectivity index (χ3v) is 5.71. The van der Waals surface area contributed by atoms with Crippen molar-refractivity contribution in [3.8, 4) is 0 Å². The number of piperazine rings is 1. The molecule has 18 heavy (non-hydrogen) atoms. The highest BCUT2D eigenvalue weighted by Crippen LogP contribution is 2.17. The highest BCUT2D eigenvalue weighted by Gasteiger charge is 2.32. The highest BCUT2D eigenvalue weighted by atomic mass is 32.2. The maximum absolute atomic E-state index is 12.2. The molecule has 1 N–H and O–H groups in total. The lowest BCUT2D eigenvalue weighted by atomic mass is 10.0. The highest BCUT2D eigenvalue weighted by molar-refractivity contribution is 7.89. The zero-order valence-electron chi connectivity index (χ0n) is 10.8. The molecule has 0 radical (unpaired) electrons. The van der Waals surface area contributed by atoms with E-state index in [0.29, 0.717) is 13.1 Å². The molecule has 0 aromatic heterocycles. The van der Waals surface area contributed by atoms with Crippen LogP contribution in [0.1, 0.15) is 12.8 Å². The molecule has 0 unspecified atom stereocenters. The van der Waals surface area contributed by atoms with Gasteiger partial charge in [-0.05, 0) is 31.8 Å². The summed E-state index contributed by atoms with van der Waals surface area (Å²) in [6, 6.07) is 0. The van der Waals surface area contributed by atoms with E-state index >= 15 is 0 Å². The van der Waals surface area contributed by atoms with Gasteiger partial charge in [0.2, 0.25) is 15.9 Å². The Labute approximate surface area is 108 Å². The molecule has 2 saturated heterocycles. The Morgan fingerprint density at radius 2 is 1.94 bits per heavy atom. The van der Waals surface area contributed by atoms with E-state index in [1.807, 2.05) is 0 Å². The van der Waals surface area contributed by atoms with Crippen LogP contribution in [0, 0.1) is 5.92 Å². The summed E-state index contributed by atoms with van der Waals surface area (Å²) in [6.07, 6.45) is 1.81. The Balaban J connectivity index is 1.95. The molecule has 2 aliphatic heterocycles. The summed E-state index contributed by atoms with van der Waals surface area (Å²) in [5.41, 5.74) is 0. The van der Waals surface area contributed by atoms with Gasteiger partial charge in [0.15, 0.2) is 0 Å². The summed E-state index contributed by atoms with van der Waals surface area (Å²) in [4.78, 5) is 13.1. The number of rotatable bonds is 3. The number of likely N-dealkylation sites (N-methyl/N-ethyl adjacent to an activating group) is 1. The lowest BCUT2D eigenvalue weighted by Gasteiger charge is -2.32. The third-order valence-electron chi connectivity index (χ3n) is 3.72. The maximum Gasteiger partial charge on any atom is 0.237 e. The number of carbonyl (C=O) groups is 1. The fourth-order valence-electron chi connectivity index (χ4n) is 2.43. The van der Waals surface area contributed by atoms with Gasteiger partial charge < -0.3 is 10.2 Å². The second-order valence-electron chi connectivity index (χ2n) is 5.12. The molecule has 7 heteroatoms. The molecule has 1 amide bonds. The molecule has 0 aromatic rings. The van der Waals surface area contributed by atoms with E-state index in [1.54, 1.807) is 11.9 Å². The topological polar surface area (TPSA) is 69.7 Å². The minimum absolute atomic E-state index is 0.00377. The number of piperidine rings is 1. The lowest BCUT2D eigenvalue weighted by Crippen LogP contribution is -2.51. The van der Waals surface area contributed by atoms with E-state index in [-0.39, 0.29) is 24.1 Å². The maximum atomic E-state index is 12.2. The van der Waals surface area contributed by atoms with Crippen molar-refractivity contribution in [2.75, 3.05) is 45.5 Å². The van der Waals surface area contributed by atoms with E-state index in [2.05, 4.69) is 5.32 Å². The van der Waals surface area contributed by atoms with Crippen LogP contribution in [-0.2, 0) is 14.8 Å². The summed E-state index contributed by atoms with van der Waals surface area (Å²) in [5.74, 6) is 0.298. The number of sulfonamides is 1. The number of nitrogens with one attached hydrogen (secondary N) is 1. The van der Waals surface area contributed by atoms with Crippen molar-refractivity contribution < 1.29 is 13.2 Å². The van der Waals surface area contributed by atoms with Gasteiger partial charge in [0.1, 0.15) is 0 Å². The van der Waals surface area contributed by atoms with Gasteiger partial charge in [-0.1, -0.05) is 0 Å². The summed E-state index contributed by atoms with van der Waals surface area (Å²) >= 11 is 0. The molecule has 104 valence electrons. The predicted molar refractivity (Wildman–Crippen MR) is 68.6 cm³/mol. The van der Waals surface area contributed by atoms with Crippen molar-refractivity contribution >= 4 is 15.9 Å². The zero-order chi connectivity index (χ0) is 13.2. The smallest absolute Gasteiger partial charge is 0.237 e. The van der Waals surface area contributed by atoms with Gasteiger partial charge in [0.05, 0.1) is 12.3 Å². The van der Waals surface area contributed by atoms with E-state index in [1.165, 1.54) is 4.31 Å². The molecule has 0 bridgehead atoms. The Morgan fingerprint density at radius 1 is 1.28 bits per heavy atom. The number of amides is 1. The molecule has 2 fully saturated rings. The van der Waals surface area contributed by atoms with Gasteiger partial charge in [-0.15, -0.1) is 0 Å². The van der Waals surface area contributed by atoms with Gasteiger partial charge >= 0.3 is 0 Å². The molecule has 0 spiro atoms. The van der Waals surface area contributed by atoms with E-state index in [9.17, 15) is 13.2 Å². The van der Waals surface area contributed by atoms with Crippen LogP contribution in [0.25, 0.3) is 0 Å². The average molecular weight is 275 g/mol. The summed E-state index contributed by atoms with van der Waals surface area (Å²) in [6.45, 7) is 2.70. The van der Waals surface area contributed by atoms with Crippen LogP contribution in [0.3, 0.4) is 0 Å². The third kappa shape index (κ3) is 3.21. The van der Waals surface area contributed by atoms with E-state index < -0.39 is 10.0 Å². The molecule has 0 aromatic carbocycles. The monoisotopic (exact) mass is 275 g/mol. The van der Waals surface area contributed by atoms with Gasteiger partial charge in [0, 0.05) is 20.1 Å². The molecular weight excluding hydrogens is 254 g/mol. The second kappa shape index (κ2) is 5.54. The van der Waals surface area contributed by atoms with Gasteiger partial charge in [-0.3, -0.25) is 4.79 Å². The lowest BCUT2D eigenvalue weighted by molar-refractivity contribution is -0.132. The van der Waals surface area contributed by atoms with Crippen molar-refractivity contribution in [2.45, 2.75) is 12.8 Å². The first-order valence-electron chi connectivity index (χ1n) is 6.41. The van der Waals surface area contributed by atoms with Crippen LogP contribution < -0.4 is 5.32 Å². The van der Waals surface area contributed by atoms with Crippen LogP contribution in [0.15, 0.2) is 0 Å². The molecule has 6 nitrogen and oxygen atoms in total. The average Bonchev–Trinajstić information content (AvgIpc) is 2.33. The Kier molecular flexibility index (Phi) is 4.24. The van der Waals surface area contributed by atoms with Crippen molar-refractivity contribution in [2.24, 2.45) is 5.92 Å². The number of nitrogens with zero attached hydrogens (tertiary/aromatic N) is 2. The predicted octanol–water partition coefficient (Wildman–Crippen LogP) is -0.910. The summed E-state index contributed by atoms with van der Waals surface area (Å²) < 4.78 is 25.8. The standard InChI is InChI=1S/C11H21N3O3S/c1-13-6-7-14(8-11(13)15)18(16,17)9-10-2-4-12-5-3-10/h10,12H,2-9H2,1H3. The van der Waals surface area contributed by atoms with Crippen LogP contribution in [0.4, 0.5) is 0 Å². The molecular formula is C11H21N3O3S. The van der Waals surface area contributed by atoms with Crippen LogP contribution in [0.5, 0.6) is 0 Å². The van der Waals surface area contributed by atoms with Gasteiger partial charge in [-0.2, -0.15) is 4.31 Å². The normalized spacial score (nSPS) is 24.5. The second-order valence-corrected chi connectivity index (χ2v) is 7.13. The Bertz CT molecular complexity index is 404. The molecule has 2 rings (SSSR count). The molecule has 0 aliphatic carbocycles. The number of hydrogen-bond donors (Lipinski definition) is 1. The van der Waals surface area contributed by atoms with Crippen LogP contribution >= 0.6 is 0 Å². The van der Waals surface area contributed by atoms with Crippen molar-refractivity contribution in [3.05, 3.63) is 0 Å². The fraction of sp³-hybridized carbons (Fsp3) is 0.909. The van der Waals surface area contributed by atoms with Gasteiger partial charge in [0.25, 0.3) is 0 Å². The molecule has 2 heterocycles. The van der Waals surface area contributed by atoms with Gasteiger partial charge in [-0.25, -0.2) is 8.42 Å². The first kappa shape index (κ1) is 13.8. The van der Waals surface area contributed by atoms with Crippen molar-refractivity contribution in [1.29, 1.82) is 0 Å². The minimum atomic E-state index is -3.28. The largest absolute Gasteiger partial charge is 0.343 e. The molecule has 0 saturated carbocycles.